The molecule has 1 atom stereocenters. The van der Waals surface area contributed by atoms with Crippen molar-refractivity contribution in [2.45, 2.75) is 40.2 Å². The summed E-state index contributed by atoms with van der Waals surface area (Å²) in [5.74, 6) is 1.74. The van der Waals surface area contributed by atoms with Crippen LogP contribution in [0.5, 0.6) is 11.5 Å². The number of hydrogen-bond acceptors (Lipinski definition) is 5. The van der Waals surface area contributed by atoms with Crippen LogP contribution in [-0.2, 0) is 0 Å². The molecule has 0 amide bonds. The van der Waals surface area contributed by atoms with Gasteiger partial charge in [0.05, 0.1) is 18.7 Å². The molecule has 3 rings (SSSR count). The maximum atomic E-state index is 6.19. The molecule has 2 aromatic carbocycles. The summed E-state index contributed by atoms with van der Waals surface area (Å²) in [6.07, 6.45) is 1.02. The smallest absolute Gasteiger partial charge is 0.139 e. The van der Waals surface area contributed by atoms with Gasteiger partial charge in [-0.15, -0.1) is 0 Å². The second-order valence-corrected chi connectivity index (χ2v) is 8.88. The van der Waals surface area contributed by atoms with Gasteiger partial charge in [-0.2, -0.15) is 0 Å². The Morgan fingerprint density at radius 1 is 1.03 bits per heavy atom. The monoisotopic (exact) mass is 459 g/mol. The minimum atomic E-state index is 0.374. The predicted octanol–water partition coefficient (Wildman–Crippen LogP) is 5.23. The standard InChI is InChI=1S/C26H38ClN3O2/c1-6-28-12-7-17-32-25-11-9-23(19(2)20(25)3)21(4)29-13-15-30(16-14-29)22-8-10-24(27)26(18-22)31-5/h8-11,18,21,28H,6-7,12-17H2,1-5H3. The second kappa shape index (κ2) is 11.8. The van der Waals surface area contributed by atoms with Gasteiger partial charge < -0.3 is 19.7 Å². The molecular weight excluding hydrogens is 422 g/mol. The first-order valence-electron chi connectivity index (χ1n) is 11.7. The SMILES string of the molecule is CCNCCCOc1ccc(C(C)N2CCN(c3ccc(Cl)c(OC)c3)CC2)c(C)c1C. The van der Waals surface area contributed by atoms with Crippen molar-refractivity contribution < 1.29 is 9.47 Å². The Morgan fingerprint density at radius 3 is 2.47 bits per heavy atom. The second-order valence-electron chi connectivity index (χ2n) is 8.48. The van der Waals surface area contributed by atoms with Gasteiger partial charge in [0.15, 0.2) is 0 Å². The Morgan fingerprint density at radius 2 is 1.78 bits per heavy atom. The van der Waals surface area contributed by atoms with Crippen molar-refractivity contribution in [3.8, 4) is 11.5 Å². The zero-order valence-corrected chi connectivity index (χ0v) is 21.0. The van der Waals surface area contributed by atoms with E-state index in [2.05, 4.69) is 61.0 Å². The lowest BCUT2D eigenvalue weighted by Crippen LogP contribution is -2.47. The highest BCUT2D eigenvalue weighted by atomic mass is 35.5. The summed E-state index contributed by atoms with van der Waals surface area (Å²) in [6.45, 7) is 15.6. The van der Waals surface area contributed by atoms with Gasteiger partial charge in [-0.05, 0) is 75.2 Å². The molecule has 0 aliphatic carbocycles. The molecule has 0 spiro atoms. The summed E-state index contributed by atoms with van der Waals surface area (Å²) in [5, 5.41) is 3.99. The van der Waals surface area contributed by atoms with Crippen molar-refractivity contribution in [2.75, 3.05) is 57.9 Å². The van der Waals surface area contributed by atoms with Crippen molar-refractivity contribution in [3.63, 3.8) is 0 Å². The number of nitrogens with zero attached hydrogens (tertiary/aromatic N) is 2. The van der Waals surface area contributed by atoms with Gasteiger partial charge in [-0.25, -0.2) is 0 Å². The molecule has 0 radical (unpaired) electrons. The van der Waals surface area contributed by atoms with E-state index in [1.807, 2.05) is 12.1 Å². The molecule has 32 heavy (non-hydrogen) atoms. The molecule has 176 valence electrons. The molecule has 1 saturated heterocycles. The Hall–Kier alpha value is -1.95. The molecule has 5 nitrogen and oxygen atoms in total. The lowest BCUT2D eigenvalue weighted by Gasteiger charge is -2.40. The number of piperazine rings is 1. The van der Waals surface area contributed by atoms with Crippen LogP contribution in [0.4, 0.5) is 5.69 Å². The summed E-state index contributed by atoms with van der Waals surface area (Å²) in [4.78, 5) is 4.98. The fourth-order valence-corrected chi connectivity index (χ4v) is 4.59. The summed E-state index contributed by atoms with van der Waals surface area (Å²) >= 11 is 6.19. The molecule has 1 unspecified atom stereocenters. The van der Waals surface area contributed by atoms with E-state index in [-0.39, 0.29) is 0 Å². The Balaban J connectivity index is 1.59. The largest absolute Gasteiger partial charge is 0.495 e. The van der Waals surface area contributed by atoms with Crippen LogP contribution in [-0.4, -0.2) is 57.9 Å². The Kier molecular flexibility index (Phi) is 9.09. The summed E-state index contributed by atoms with van der Waals surface area (Å²) < 4.78 is 11.4. The topological polar surface area (TPSA) is 37.0 Å². The molecule has 0 aromatic heterocycles. The van der Waals surface area contributed by atoms with E-state index in [0.29, 0.717) is 11.1 Å². The number of benzene rings is 2. The van der Waals surface area contributed by atoms with Crippen molar-refractivity contribution in [2.24, 2.45) is 0 Å². The minimum Gasteiger partial charge on any atom is -0.495 e. The highest BCUT2D eigenvalue weighted by Gasteiger charge is 2.24. The number of methoxy groups -OCH3 is 1. The molecule has 6 heteroatoms. The van der Waals surface area contributed by atoms with Gasteiger partial charge in [0.25, 0.3) is 0 Å². The van der Waals surface area contributed by atoms with Crippen LogP contribution in [0.1, 0.15) is 43.0 Å². The number of rotatable bonds is 10. The van der Waals surface area contributed by atoms with E-state index in [0.717, 1.165) is 63.8 Å². The number of hydrogen-bond donors (Lipinski definition) is 1. The van der Waals surface area contributed by atoms with Crippen molar-refractivity contribution in [1.29, 1.82) is 0 Å². The van der Waals surface area contributed by atoms with Gasteiger partial charge in [-0.3, -0.25) is 4.90 Å². The van der Waals surface area contributed by atoms with Crippen LogP contribution < -0.4 is 19.7 Å². The molecular formula is C26H38ClN3O2. The third-order valence-corrected chi connectivity index (χ3v) is 6.91. The predicted molar refractivity (Wildman–Crippen MR) is 135 cm³/mol. The van der Waals surface area contributed by atoms with Crippen molar-refractivity contribution >= 4 is 17.3 Å². The molecule has 1 N–H and O–H groups in total. The lowest BCUT2D eigenvalue weighted by atomic mass is 9.96. The number of nitrogens with one attached hydrogen (secondary N) is 1. The van der Waals surface area contributed by atoms with E-state index in [1.54, 1.807) is 7.11 Å². The fraction of sp³-hybridized carbons (Fsp3) is 0.538. The summed E-state index contributed by atoms with van der Waals surface area (Å²) in [7, 11) is 1.66. The first-order valence-corrected chi connectivity index (χ1v) is 12.1. The van der Waals surface area contributed by atoms with Crippen LogP contribution >= 0.6 is 11.6 Å². The first kappa shape index (κ1) is 24.7. The number of halogens is 1. The number of anilines is 1. The summed E-state index contributed by atoms with van der Waals surface area (Å²) in [5.41, 5.74) is 5.15. The van der Waals surface area contributed by atoms with E-state index < -0.39 is 0 Å². The Bertz CT molecular complexity index is 882. The maximum Gasteiger partial charge on any atom is 0.139 e. The van der Waals surface area contributed by atoms with E-state index in [4.69, 9.17) is 21.1 Å². The molecule has 0 bridgehead atoms. The van der Waals surface area contributed by atoms with Gasteiger partial charge in [-0.1, -0.05) is 24.6 Å². The molecule has 1 aliphatic heterocycles. The number of ether oxygens (including phenoxy) is 2. The minimum absolute atomic E-state index is 0.374. The van der Waals surface area contributed by atoms with Crippen LogP contribution in [0.2, 0.25) is 5.02 Å². The molecule has 1 aliphatic rings. The maximum absolute atomic E-state index is 6.19. The van der Waals surface area contributed by atoms with Gasteiger partial charge in [0, 0.05) is 44.0 Å². The van der Waals surface area contributed by atoms with Crippen molar-refractivity contribution in [3.05, 3.63) is 52.0 Å². The quantitative estimate of drug-likeness (QED) is 0.492. The zero-order valence-electron chi connectivity index (χ0n) is 20.2. The first-order chi connectivity index (χ1) is 15.5. The van der Waals surface area contributed by atoms with Gasteiger partial charge in [0.1, 0.15) is 11.5 Å². The zero-order chi connectivity index (χ0) is 23.1. The fourth-order valence-electron chi connectivity index (χ4n) is 4.39. The Labute approximate surface area is 198 Å². The van der Waals surface area contributed by atoms with Crippen LogP contribution in [0.25, 0.3) is 0 Å². The highest BCUT2D eigenvalue weighted by Crippen LogP contribution is 2.33. The lowest BCUT2D eigenvalue weighted by molar-refractivity contribution is 0.198. The third kappa shape index (κ3) is 5.89. The van der Waals surface area contributed by atoms with E-state index >= 15 is 0 Å². The normalized spacial score (nSPS) is 15.6. The van der Waals surface area contributed by atoms with Crippen LogP contribution in [0, 0.1) is 13.8 Å². The summed E-state index contributed by atoms with van der Waals surface area (Å²) in [6, 6.07) is 10.8. The van der Waals surface area contributed by atoms with E-state index in [9.17, 15) is 0 Å². The van der Waals surface area contributed by atoms with Crippen LogP contribution in [0.3, 0.4) is 0 Å². The van der Waals surface area contributed by atoms with Gasteiger partial charge >= 0.3 is 0 Å². The average Bonchev–Trinajstić information content (AvgIpc) is 2.81. The van der Waals surface area contributed by atoms with Gasteiger partial charge in [0.2, 0.25) is 0 Å². The molecule has 1 heterocycles. The third-order valence-electron chi connectivity index (χ3n) is 6.60. The van der Waals surface area contributed by atoms with Crippen LogP contribution in [0.15, 0.2) is 30.3 Å². The molecule has 0 saturated carbocycles. The van der Waals surface area contributed by atoms with E-state index in [1.165, 1.54) is 22.4 Å². The highest BCUT2D eigenvalue weighted by molar-refractivity contribution is 6.32. The van der Waals surface area contributed by atoms with Crippen molar-refractivity contribution in [1.82, 2.24) is 10.2 Å². The molecule has 2 aromatic rings. The average molecular weight is 460 g/mol. The molecule has 1 fully saturated rings.